The first-order valence-corrected chi connectivity index (χ1v) is 7.53. The van der Waals surface area contributed by atoms with Gasteiger partial charge in [0.05, 0.1) is 6.10 Å². The summed E-state index contributed by atoms with van der Waals surface area (Å²) in [6.45, 7) is 13.4. The second kappa shape index (κ2) is 6.56. The maximum atomic E-state index is 10.3. The van der Waals surface area contributed by atoms with Gasteiger partial charge in [-0.2, -0.15) is 0 Å². The molecule has 0 amide bonds. The van der Waals surface area contributed by atoms with Crippen LogP contribution in [0.5, 0.6) is 0 Å². The molecular formula is C18H30O. The molecule has 3 atom stereocenters. The molecular weight excluding hydrogens is 232 g/mol. The number of rotatable bonds is 5. The molecule has 3 unspecified atom stereocenters. The van der Waals surface area contributed by atoms with E-state index in [0.717, 1.165) is 18.4 Å². The molecule has 0 saturated heterocycles. The largest absolute Gasteiger partial charge is 0.388 e. The number of hydrogen-bond donors (Lipinski definition) is 1. The van der Waals surface area contributed by atoms with Crippen LogP contribution in [0.3, 0.4) is 0 Å². The van der Waals surface area contributed by atoms with Gasteiger partial charge in [-0.1, -0.05) is 65.8 Å². The number of hydrogen-bond acceptors (Lipinski definition) is 1. The van der Waals surface area contributed by atoms with Gasteiger partial charge in [-0.05, 0) is 41.2 Å². The van der Waals surface area contributed by atoms with Gasteiger partial charge < -0.3 is 5.11 Å². The molecule has 0 bridgehead atoms. The van der Waals surface area contributed by atoms with E-state index in [-0.39, 0.29) is 11.5 Å². The molecule has 0 spiro atoms. The summed E-state index contributed by atoms with van der Waals surface area (Å²) in [5.74, 6) is 1.09. The number of aliphatic hydroxyl groups is 1. The lowest BCUT2D eigenvalue weighted by molar-refractivity contribution is 0.111. The highest BCUT2D eigenvalue weighted by molar-refractivity contribution is 5.26. The van der Waals surface area contributed by atoms with Crippen LogP contribution in [-0.2, 0) is 0 Å². The predicted molar refractivity (Wildman–Crippen MR) is 83.3 cm³/mol. The minimum Gasteiger partial charge on any atom is -0.388 e. The van der Waals surface area contributed by atoms with Gasteiger partial charge >= 0.3 is 0 Å². The van der Waals surface area contributed by atoms with Crippen LogP contribution in [0.2, 0.25) is 0 Å². The smallest absolute Gasteiger partial charge is 0.0792 e. The molecule has 0 heterocycles. The molecule has 0 saturated carbocycles. The van der Waals surface area contributed by atoms with E-state index in [1.54, 1.807) is 0 Å². The average Bonchev–Trinajstić information content (AvgIpc) is 2.36. The zero-order chi connectivity index (χ0) is 14.6. The fraction of sp³-hybridized carbons (Fsp3) is 0.667. The van der Waals surface area contributed by atoms with Gasteiger partial charge in [0.1, 0.15) is 0 Å². The van der Waals surface area contributed by atoms with Crippen LogP contribution < -0.4 is 0 Å². The van der Waals surface area contributed by atoms with E-state index in [2.05, 4.69) is 65.8 Å². The van der Waals surface area contributed by atoms with E-state index in [9.17, 15) is 5.11 Å². The summed E-state index contributed by atoms with van der Waals surface area (Å²) in [7, 11) is 0. The van der Waals surface area contributed by atoms with Crippen molar-refractivity contribution < 1.29 is 5.11 Å². The maximum absolute atomic E-state index is 10.3. The van der Waals surface area contributed by atoms with Crippen LogP contribution in [-0.4, -0.2) is 5.11 Å². The molecule has 1 nitrogen and oxygen atoms in total. The highest BCUT2D eigenvalue weighted by atomic mass is 16.3. The van der Waals surface area contributed by atoms with E-state index in [1.165, 1.54) is 5.56 Å². The highest BCUT2D eigenvalue weighted by Gasteiger charge is 2.23. The third-order valence-electron chi connectivity index (χ3n) is 4.56. The van der Waals surface area contributed by atoms with Crippen molar-refractivity contribution in [2.75, 3.05) is 0 Å². The second-order valence-corrected chi connectivity index (χ2v) is 6.99. The predicted octanol–water partition coefficient (Wildman–Crippen LogP) is 5.31. The average molecular weight is 262 g/mol. The Morgan fingerprint density at radius 3 is 1.89 bits per heavy atom. The Labute approximate surface area is 119 Å². The van der Waals surface area contributed by atoms with Gasteiger partial charge in [-0.25, -0.2) is 0 Å². The van der Waals surface area contributed by atoms with Gasteiger partial charge in [-0.15, -0.1) is 0 Å². The van der Waals surface area contributed by atoms with E-state index >= 15 is 0 Å². The fourth-order valence-corrected chi connectivity index (χ4v) is 2.11. The Morgan fingerprint density at radius 2 is 1.47 bits per heavy atom. The normalized spacial score (nSPS) is 17.0. The monoisotopic (exact) mass is 262 g/mol. The van der Waals surface area contributed by atoms with E-state index < -0.39 is 0 Å². The molecule has 0 radical (unpaired) electrons. The molecule has 108 valence electrons. The third-order valence-corrected chi connectivity index (χ3v) is 4.56. The van der Waals surface area contributed by atoms with Crippen LogP contribution >= 0.6 is 0 Å². The van der Waals surface area contributed by atoms with Crippen LogP contribution in [0.4, 0.5) is 0 Å². The standard InChI is InChI=1S/C18H30O/c1-7-13(2)15-8-10-16(11-9-15)17(19)12-14(3)18(4,5)6/h8-11,13-14,17,19H,7,12H2,1-6H3. The molecule has 1 heteroatoms. The van der Waals surface area contributed by atoms with Crippen molar-refractivity contribution in [1.29, 1.82) is 0 Å². The Balaban J connectivity index is 2.70. The molecule has 0 fully saturated rings. The summed E-state index contributed by atoms with van der Waals surface area (Å²) in [4.78, 5) is 0. The lowest BCUT2D eigenvalue weighted by atomic mass is 9.78. The molecule has 0 aliphatic heterocycles. The molecule has 19 heavy (non-hydrogen) atoms. The summed E-state index contributed by atoms with van der Waals surface area (Å²) in [6.07, 6.45) is 1.63. The number of benzene rings is 1. The van der Waals surface area contributed by atoms with Gasteiger partial charge in [0.15, 0.2) is 0 Å². The van der Waals surface area contributed by atoms with Gasteiger partial charge in [0.25, 0.3) is 0 Å². The fourth-order valence-electron chi connectivity index (χ4n) is 2.11. The molecule has 0 aromatic heterocycles. The molecule has 1 aromatic rings. The lowest BCUT2D eigenvalue weighted by Crippen LogP contribution is -2.19. The molecule has 1 rings (SSSR count). The van der Waals surface area contributed by atoms with Gasteiger partial charge in [0, 0.05) is 0 Å². The van der Waals surface area contributed by atoms with Crippen LogP contribution in [0.1, 0.15) is 77.5 Å². The summed E-state index contributed by atoms with van der Waals surface area (Å²) in [5.41, 5.74) is 2.66. The molecule has 1 aromatic carbocycles. The van der Waals surface area contributed by atoms with Crippen LogP contribution in [0.25, 0.3) is 0 Å². The summed E-state index contributed by atoms with van der Waals surface area (Å²) in [6, 6.07) is 8.49. The summed E-state index contributed by atoms with van der Waals surface area (Å²) < 4.78 is 0. The topological polar surface area (TPSA) is 20.2 Å². The third kappa shape index (κ3) is 4.65. The van der Waals surface area contributed by atoms with Crippen LogP contribution in [0.15, 0.2) is 24.3 Å². The van der Waals surface area contributed by atoms with Crippen molar-refractivity contribution in [3.63, 3.8) is 0 Å². The Kier molecular flexibility index (Phi) is 5.61. The van der Waals surface area contributed by atoms with Crippen molar-refractivity contribution >= 4 is 0 Å². The van der Waals surface area contributed by atoms with Crippen molar-refractivity contribution in [2.24, 2.45) is 11.3 Å². The summed E-state index contributed by atoms with van der Waals surface area (Å²) >= 11 is 0. The first kappa shape index (κ1) is 16.2. The van der Waals surface area contributed by atoms with E-state index in [1.807, 2.05) is 0 Å². The van der Waals surface area contributed by atoms with Gasteiger partial charge in [-0.3, -0.25) is 0 Å². The SMILES string of the molecule is CCC(C)c1ccc(C(O)CC(C)C(C)(C)C)cc1. The van der Waals surface area contributed by atoms with E-state index in [0.29, 0.717) is 11.8 Å². The van der Waals surface area contributed by atoms with Crippen molar-refractivity contribution in [3.05, 3.63) is 35.4 Å². The highest BCUT2D eigenvalue weighted by Crippen LogP contribution is 2.33. The van der Waals surface area contributed by atoms with Crippen LogP contribution in [0, 0.1) is 11.3 Å². The molecule has 1 N–H and O–H groups in total. The van der Waals surface area contributed by atoms with Crippen molar-refractivity contribution in [1.82, 2.24) is 0 Å². The summed E-state index contributed by atoms with van der Waals surface area (Å²) in [5, 5.41) is 10.3. The lowest BCUT2D eigenvalue weighted by Gasteiger charge is -2.29. The Hall–Kier alpha value is -0.820. The first-order chi connectivity index (χ1) is 8.75. The van der Waals surface area contributed by atoms with Gasteiger partial charge in [0.2, 0.25) is 0 Å². The Bertz CT molecular complexity index is 372. The molecule has 0 aliphatic carbocycles. The second-order valence-electron chi connectivity index (χ2n) is 6.99. The quantitative estimate of drug-likeness (QED) is 0.763. The minimum atomic E-state index is -0.347. The molecule has 0 aliphatic rings. The zero-order valence-corrected chi connectivity index (χ0v) is 13.4. The van der Waals surface area contributed by atoms with Crippen molar-refractivity contribution in [3.8, 4) is 0 Å². The maximum Gasteiger partial charge on any atom is 0.0792 e. The zero-order valence-electron chi connectivity index (χ0n) is 13.4. The number of aliphatic hydroxyl groups excluding tert-OH is 1. The van der Waals surface area contributed by atoms with Crippen molar-refractivity contribution in [2.45, 2.75) is 66.4 Å². The Morgan fingerprint density at radius 1 is 1.00 bits per heavy atom. The minimum absolute atomic E-state index is 0.248. The first-order valence-electron chi connectivity index (χ1n) is 7.53. The van der Waals surface area contributed by atoms with E-state index in [4.69, 9.17) is 0 Å².